The van der Waals surface area contributed by atoms with E-state index in [1.165, 1.54) is 0 Å². The van der Waals surface area contributed by atoms with E-state index in [9.17, 15) is 8.42 Å². The van der Waals surface area contributed by atoms with Gasteiger partial charge in [-0.05, 0) is 19.3 Å². The van der Waals surface area contributed by atoms with Gasteiger partial charge in [0.25, 0.3) is 0 Å². The van der Waals surface area contributed by atoms with Gasteiger partial charge in [0, 0.05) is 13.5 Å². The maximum atomic E-state index is 11.3. The van der Waals surface area contributed by atoms with Gasteiger partial charge in [0.05, 0.1) is 11.5 Å². The Morgan fingerprint density at radius 1 is 1.47 bits per heavy atom. The van der Waals surface area contributed by atoms with Crippen molar-refractivity contribution in [1.29, 1.82) is 0 Å². The topological polar surface area (TPSA) is 64.8 Å². The fourth-order valence-corrected chi connectivity index (χ4v) is 3.78. The van der Waals surface area contributed by atoms with Gasteiger partial charge < -0.3 is 4.57 Å². The SMILES string of the molecule is Cc1nnc(CC2CCS(=O)(=O)C2)n1C. The zero-order valence-electron chi connectivity index (χ0n) is 8.97. The summed E-state index contributed by atoms with van der Waals surface area (Å²) in [5, 5.41) is 8.00. The highest BCUT2D eigenvalue weighted by molar-refractivity contribution is 7.91. The van der Waals surface area contributed by atoms with Crippen molar-refractivity contribution < 1.29 is 8.42 Å². The summed E-state index contributed by atoms with van der Waals surface area (Å²) in [4.78, 5) is 0. The van der Waals surface area contributed by atoms with Gasteiger partial charge in [0.15, 0.2) is 9.84 Å². The van der Waals surface area contributed by atoms with Crippen LogP contribution in [-0.4, -0.2) is 34.7 Å². The molecular formula is C9H15N3O2S. The molecule has 1 aliphatic rings. The van der Waals surface area contributed by atoms with Crippen LogP contribution in [-0.2, 0) is 23.3 Å². The normalized spacial score (nSPS) is 24.5. The van der Waals surface area contributed by atoms with Crippen LogP contribution in [0.5, 0.6) is 0 Å². The van der Waals surface area contributed by atoms with Gasteiger partial charge in [0.1, 0.15) is 11.6 Å². The van der Waals surface area contributed by atoms with E-state index in [0.29, 0.717) is 11.5 Å². The summed E-state index contributed by atoms with van der Waals surface area (Å²) in [6.45, 7) is 1.89. The van der Waals surface area contributed by atoms with E-state index in [2.05, 4.69) is 10.2 Å². The maximum Gasteiger partial charge on any atom is 0.150 e. The molecule has 2 heterocycles. The first-order chi connectivity index (χ1) is 6.98. The van der Waals surface area contributed by atoms with Gasteiger partial charge in [-0.2, -0.15) is 0 Å². The van der Waals surface area contributed by atoms with Crippen molar-refractivity contribution in [3.63, 3.8) is 0 Å². The largest absolute Gasteiger partial charge is 0.318 e. The minimum Gasteiger partial charge on any atom is -0.318 e. The first-order valence-corrected chi connectivity index (χ1v) is 6.85. The lowest BCUT2D eigenvalue weighted by Gasteiger charge is -2.06. The predicted octanol–water partition coefficient (Wildman–Crippen LogP) is 0.101. The Morgan fingerprint density at radius 3 is 2.67 bits per heavy atom. The van der Waals surface area contributed by atoms with Crippen LogP contribution < -0.4 is 0 Å². The van der Waals surface area contributed by atoms with Gasteiger partial charge in [0.2, 0.25) is 0 Å². The second kappa shape index (κ2) is 3.59. The fraction of sp³-hybridized carbons (Fsp3) is 0.778. The van der Waals surface area contributed by atoms with Crippen LogP contribution in [0.3, 0.4) is 0 Å². The molecule has 0 saturated carbocycles. The molecule has 0 amide bonds. The fourth-order valence-electron chi connectivity index (χ4n) is 1.92. The average molecular weight is 229 g/mol. The Kier molecular flexibility index (Phi) is 2.54. The molecule has 1 aromatic heterocycles. The molecule has 84 valence electrons. The lowest BCUT2D eigenvalue weighted by atomic mass is 10.1. The van der Waals surface area contributed by atoms with Crippen LogP contribution in [0, 0.1) is 12.8 Å². The van der Waals surface area contributed by atoms with E-state index in [-0.39, 0.29) is 5.92 Å². The van der Waals surface area contributed by atoms with Crippen molar-refractivity contribution >= 4 is 9.84 Å². The highest BCUT2D eigenvalue weighted by Crippen LogP contribution is 2.21. The van der Waals surface area contributed by atoms with Crippen LogP contribution in [0.1, 0.15) is 18.1 Å². The molecule has 0 N–H and O–H groups in total. The second-order valence-corrected chi connectivity index (χ2v) is 6.42. The first-order valence-electron chi connectivity index (χ1n) is 5.03. The summed E-state index contributed by atoms with van der Waals surface area (Å²) >= 11 is 0. The number of sulfone groups is 1. The molecule has 0 aromatic carbocycles. The molecular weight excluding hydrogens is 214 g/mol. The van der Waals surface area contributed by atoms with E-state index < -0.39 is 9.84 Å². The standard InChI is InChI=1S/C9H15N3O2S/c1-7-10-11-9(12(7)2)5-8-3-4-15(13,14)6-8/h8H,3-6H2,1-2H3. The average Bonchev–Trinajstić information content (AvgIpc) is 2.63. The molecule has 1 fully saturated rings. The molecule has 1 aromatic rings. The quantitative estimate of drug-likeness (QED) is 0.721. The molecule has 6 heteroatoms. The molecule has 0 bridgehead atoms. The Bertz CT molecular complexity index is 464. The highest BCUT2D eigenvalue weighted by atomic mass is 32.2. The molecule has 1 saturated heterocycles. The van der Waals surface area contributed by atoms with E-state index in [0.717, 1.165) is 24.5 Å². The van der Waals surface area contributed by atoms with Crippen LogP contribution >= 0.6 is 0 Å². The molecule has 1 unspecified atom stereocenters. The number of rotatable bonds is 2. The van der Waals surface area contributed by atoms with E-state index in [1.807, 2.05) is 18.5 Å². The second-order valence-electron chi connectivity index (χ2n) is 4.20. The van der Waals surface area contributed by atoms with E-state index in [1.54, 1.807) is 0 Å². The minimum absolute atomic E-state index is 0.220. The molecule has 1 aliphatic heterocycles. The zero-order chi connectivity index (χ0) is 11.1. The van der Waals surface area contributed by atoms with Crippen LogP contribution in [0.25, 0.3) is 0 Å². The van der Waals surface area contributed by atoms with Crippen molar-refractivity contribution in [3.05, 3.63) is 11.6 Å². The van der Waals surface area contributed by atoms with Gasteiger partial charge in [-0.3, -0.25) is 0 Å². The molecule has 15 heavy (non-hydrogen) atoms. The van der Waals surface area contributed by atoms with Gasteiger partial charge in [-0.25, -0.2) is 8.42 Å². The zero-order valence-corrected chi connectivity index (χ0v) is 9.79. The van der Waals surface area contributed by atoms with Crippen molar-refractivity contribution in [2.45, 2.75) is 19.8 Å². The number of nitrogens with zero attached hydrogens (tertiary/aromatic N) is 3. The van der Waals surface area contributed by atoms with Crippen LogP contribution in [0.4, 0.5) is 0 Å². The molecule has 2 rings (SSSR count). The predicted molar refractivity (Wildman–Crippen MR) is 56.2 cm³/mol. The number of aryl methyl sites for hydroxylation is 1. The maximum absolute atomic E-state index is 11.3. The van der Waals surface area contributed by atoms with Gasteiger partial charge in [-0.15, -0.1) is 10.2 Å². The van der Waals surface area contributed by atoms with Crippen molar-refractivity contribution in [3.8, 4) is 0 Å². The van der Waals surface area contributed by atoms with E-state index >= 15 is 0 Å². The number of aromatic nitrogens is 3. The molecule has 5 nitrogen and oxygen atoms in total. The Labute approximate surface area is 89.4 Å². The monoisotopic (exact) mass is 229 g/mol. The van der Waals surface area contributed by atoms with Crippen molar-refractivity contribution in [2.75, 3.05) is 11.5 Å². The molecule has 0 aliphatic carbocycles. The third-order valence-corrected chi connectivity index (χ3v) is 4.82. The van der Waals surface area contributed by atoms with Crippen LogP contribution in [0.2, 0.25) is 0 Å². The molecule has 0 radical (unpaired) electrons. The smallest absolute Gasteiger partial charge is 0.150 e. The van der Waals surface area contributed by atoms with Crippen molar-refractivity contribution in [1.82, 2.24) is 14.8 Å². The van der Waals surface area contributed by atoms with Gasteiger partial charge in [-0.1, -0.05) is 0 Å². The summed E-state index contributed by atoms with van der Waals surface area (Å²) in [5.74, 6) is 2.60. The van der Waals surface area contributed by atoms with Crippen molar-refractivity contribution in [2.24, 2.45) is 13.0 Å². The third-order valence-electron chi connectivity index (χ3n) is 2.98. The summed E-state index contributed by atoms with van der Waals surface area (Å²) in [6.07, 6.45) is 1.48. The van der Waals surface area contributed by atoms with E-state index in [4.69, 9.17) is 0 Å². The van der Waals surface area contributed by atoms with Crippen LogP contribution in [0.15, 0.2) is 0 Å². The molecule has 0 spiro atoms. The Morgan fingerprint density at radius 2 is 2.20 bits per heavy atom. The highest BCUT2D eigenvalue weighted by Gasteiger charge is 2.28. The lowest BCUT2D eigenvalue weighted by molar-refractivity contribution is 0.555. The minimum atomic E-state index is -2.78. The summed E-state index contributed by atoms with van der Waals surface area (Å²) in [7, 11) is -0.868. The first kappa shape index (κ1) is 10.6. The molecule has 1 atom stereocenters. The third kappa shape index (κ3) is 2.19. The number of hydrogen-bond acceptors (Lipinski definition) is 4. The summed E-state index contributed by atoms with van der Waals surface area (Å²) < 4.78 is 24.5. The number of hydrogen-bond donors (Lipinski definition) is 0. The Hall–Kier alpha value is -0.910. The Balaban J connectivity index is 2.08. The lowest BCUT2D eigenvalue weighted by Crippen LogP contribution is -2.11. The summed E-state index contributed by atoms with van der Waals surface area (Å²) in [6, 6.07) is 0. The summed E-state index contributed by atoms with van der Waals surface area (Å²) in [5.41, 5.74) is 0. The van der Waals surface area contributed by atoms with Gasteiger partial charge >= 0.3 is 0 Å².